The summed E-state index contributed by atoms with van der Waals surface area (Å²) in [5.41, 5.74) is 0.429. The maximum atomic E-state index is 11.9. The number of hydrogen-bond donors (Lipinski definition) is 0. The van der Waals surface area contributed by atoms with Crippen LogP contribution in [0.4, 0.5) is 0 Å². The van der Waals surface area contributed by atoms with Crippen LogP contribution >= 0.6 is 11.3 Å². The Kier molecular flexibility index (Phi) is 4.15. The number of carbonyl (C=O) groups excluding carboxylic acids is 1. The van der Waals surface area contributed by atoms with Crippen molar-refractivity contribution in [3.8, 4) is 16.5 Å². The van der Waals surface area contributed by atoms with Gasteiger partial charge in [-0.15, -0.1) is 11.3 Å². The van der Waals surface area contributed by atoms with Crippen LogP contribution in [0.15, 0.2) is 46.3 Å². The Morgan fingerprint density at radius 2 is 2.09 bits per heavy atom. The van der Waals surface area contributed by atoms with Gasteiger partial charge in [0.05, 0.1) is 17.6 Å². The molecule has 0 aliphatic rings. The van der Waals surface area contributed by atoms with Gasteiger partial charge in [-0.25, -0.2) is 4.79 Å². The number of ether oxygens (including phenoxy) is 2. The fourth-order valence-electron chi connectivity index (χ4n) is 1.76. The van der Waals surface area contributed by atoms with Gasteiger partial charge < -0.3 is 14.0 Å². The molecule has 22 heavy (non-hydrogen) atoms. The number of rotatable bonds is 5. The molecule has 0 spiro atoms. The summed E-state index contributed by atoms with van der Waals surface area (Å²) < 4.78 is 15.2. The van der Waals surface area contributed by atoms with E-state index in [9.17, 15) is 4.79 Å². The Morgan fingerprint density at radius 3 is 2.77 bits per heavy atom. The van der Waals surface area contributed by atoms with Crippen molar-refractivity contribution in [2.24, 2.45) is 0 Å². The van der Waals surface area contributed by atoms with Gasteiger partial charge in [0, 0.05) is 0 Å². The lowest BCUT2D eigenvalue weighted by Crippen LogP contribution is -2.05. The number of benzene rings is 1. The zero-order valence-corrected chi connectivity index (χ0v) is 12.5. The molecular formula is C15H12N2O4S. The number of nitrogens with zero attached hydrogens (tertiary/aromatic N) is 2. The second-order valence-electron chi connectivity index (χ2n) is 4.29. The van der Waals surface area contributed by atoms with E-state index < -0.39 is 5.97 Å². The first-order valence-electron chi connectivity index (χ1n) is 6.44. The molecule has 0 saturated carbocycles. The van der Waals surface area contributed by atoms with Gasteiger partial charge in [-0.05, 0) is 35.7 Å². The molecule has 2 aromatic heterocycles. The number of hydrogen-bond acceptors (Lipinski definition) is 7. The molecule has 7 heteroatoms. The highest BCUT2D eigenvalue weighted by molar-refractivity contribution is 7.13. The molecule has 0 bridgehead atoms. The largest absolute Gasteiger partial charge is 0.497 e. The van der Waals surface area contributed by atoms with Gasteiger partial charge in [0.1, 0.15) is 5.75 Å². The van der Waals surface area contributed by atoms with Crippen molar-refractivity contribution in [1.82, 2.24) is 10.1 Å². The van der Waals surface area contributed by atoms with Crippen LogP contribution in [0.5, 0.6) is 5.75 Å². The van der Waals surface area contributed by atoms with Crippen molar-refractivity contribution in [3.05, 3.63) is 53.2 Å². The van der Waals surface area contributed by atoms with E-state index in [0.29, 0.717) is 17.1 Å². The monoisotopic (exact) mass is 316 g/mol. The van der Waals surface area contributed by atoms with Crippen LogP contribution in [0.1, 0.15) is 16.2 Å². The van der Waals surface area contributed by atoms with Crippen LogP contribution in [-0.2, 0) is 11.3 Å². The van der Waals surface area contributed by atoms with E-state index >= 15 is 0 Å². The Balaban J connectivity index is 1.61. The van der Waals surface area contributed by atoms with Gasteiger partial charge in [-0.1, -0.05) is 11.2 Å². The lowest BCUT2D eigenvalue weighted by Gasteiger charge is -2.03. The molecule has 0 unspecified atom stereocenters. The quantitative estimate of drug-likeness (QED) is 0.673. The molecule has 0 aliphatic heterocycles. The second-order valence-corrected chi connectivity index (χ2v) is 5.24. The predicted molar refractivity (Wildman–Crippen MR) is 79.7 cm³/mol. The van der Waals surface area contributed by atoms with E-state index in [2.05, 4.69) is 10.1 Å². The topological polar surface area (TPSA) is 74.5 Å². The maximum Gasteiger partial charge on any atom is 0.338 e. The highest BCUT2D eigenvalue weighted by Gasteiger charge is 2.13. The first-order chi connectivity index (χ1) is 10.8. The lowest BCUT2D eigenvalue weighted by atomic mass is 10.2. The molecule has 0 radical (unpaired) electrons. The average molecular weight is 316 g/mol. The maximum absolute atomic E-state index is 11.9. The SMILES string of the molecule is COc1ccc(C(=O)OCc2nc(-c3cccs3)no2)cc1. The molecule has 0 atom stereocenters. The summed E-state index contributed by atoms with van der Waals surface area (Å²) in [7, 11) is 1.56. The second kappa shape index (κ2) is 6.40. The Labute approximate surface area is 130 Å². The molecule has 3 aromatic rings. The summed E-state index contributed by atoms with van der Waals surface area (Å²) in [5, 5.41) is 5.77. The molecule has 0 N–H and O–H groups in total. The van der Waals surface area contributed by atoms with Crippen LogP contribution in [0, 0.1) is 0 Å². The number of thiophene rings is 1. The van der Waals surface area contributed by atoms with Gasteiger partial charge in [-0.3, -0.25) is 0 Å². The summed E-state index contributed by atoms with van der Waals surface area (Å²) in [6, 6.07) is 10.4. The van der Waals surface area contributed by atoms with Gasteiger partial charge in [0.25, 0.3) is 5.89 Å². The molecule has 6 nitrogen and oxygen atoms in total. The van der Waals surface area contributed by atoms with Crippen LogP contribution in [0.2, 0.25) is 0 Å². The highest BCUT2D eigenvalue weighted by atomic mass is 32.1. The van der Waals surface area contributed by atoms with E-state index in [1.54, 1.807) is 31.4 Å². The molecule has 3 rings (SSSR count). The van der Waals surface area contributed by atoms with Crippen molar-refractivity contribution in [2.45, 2.75) is 6.61 Å². The smallest absolute Gasteiger partial charge is 0.338 e. The highest BCUT2D eigenvalue weighted by Crippen LogP contribution is 2.21. The molecule has 2 heterocycles. The lowest BCUT2D eigenvalue weighted by molar-refractivity contribution is 0.0430. The van der Waals surface area contributed by atoms with Crippen LogP contribution < -0.4 is 4.74 Å². The molecule has 0 amide bonds. The molecule has 0 saturated heterocycles. The Bertz CT molecular complexity index is 750. The summed E-state index contributed by atoms with van der Waals surface area (Å²) >= 11 is 1.51. The van der Waals surface area contributed by atoms with Crippen molar-refractivity contribution in [2.75, 3.05) is 7.11 Å². The molecule has 0 fully saturated rings. The number of methoxy groups -OCH3 is 1. The van der Waals surface area contributed by atoms with E-state index in [0.717, 1.165) is 4.88 Å². The zero-order chi connectivity index (χ0) is 15.4. The van der Waals surface area contributed by atoms with Crippen molar-refractivity contribution < 1.29 is 18.8 Å². The van der Waals surface area contributed by atoms with Gasteiger partial charge in [0.15, 0.2) is 6.61 Å². The first-order valence-corrected chi connectivity index (χ1v) is 7.32. The van der Waals surface area contributed by atoms with Crippen molar-refractivity contribution in [3.63, 3.8) is 0 Å². The first kappa shape index (κ1) is 14.3. The summed E-state index contributed by atoms with van der Waals surface area (Å²) in [5.74, 6) is 0.961. The predicted octanol–water partition coefficient (Wildman–Crippen LogP) is 3.16. The third kappa shape index (κ3) is 3.15. The van der Waals surface area contributed by atoms with Gasteiger partial charge >= 0.3 is 5.97 Å². The van der Waals surface area contributed by atoms with E-state index in [1.807, 2.05) is 17.5 Å². The third-order valence-corrected chi connectivity index (χ3v) is 3.73. The van der Waals surface area contributed by atoms with Crippen LogP contribution in [0.25, 0.3) is 10.7 Å². The summed E-state index contributed by atoms with van der Waals surface area (Å²) in [6.07, 6.45) is 0. The fourth-order valence-corrected chi connectivity index (χ4v) is 2.41. The minimum Gasteiger partial charge on any atom is -0.497 e. The average Bonchev–Trinajstić information content (AvgIpc) is 3.23. The number of carbonyl (C=O) groups is 1. The number of esters is 1. The Morgan fingerprint density at radius 1 is 1.27 bits per heavy atom. The normalized spacial score (nSPS) is 10.4. The molecule has 1 aromatic carbocycles. The number of aromatic nitrogens is 2. The summed E-state index contributed by atoms with van der Waals surface area (Å²) in [6.45, 7) is -0.0662. The fraction of sp³-hybridized carbons (Fsp3) is 0.133. The minimum absolute atomic E-state index is 0.0662. The zero-order valence-electron chi connectivity index (χ0n) is 11.7. The minimum atomic E-state index is -0.460. The summed E-state index contributed by atoms with van der Waals surface area (Å²) in [4.78, 5) is 17.0. The van der Waals surface area contributed by atoms with E-state index in [-0.39, 0.29) is 12.5 Å². The Hall–Kier alpha value is -2.67. The molecular weight excluding hydrogens is 304 g/mol. The standard InChI is InChI=1S/C15H12N2O4S/c1-19-11-6-4-10(5-7-11)15(18)20-9-13-16-14(17-21-13)12-3-2-8-22-12/h2-8H,9H2,1H3. The van der Waals surface area contributed by atoms with E-state index in [4.69, 9.17) is 14.0 Å². The van der Waals surface area contributed by atoms with Gasteiger partial charge in [-0.2, -0.15) is 4.98 Å². The van der Waals surface area contributed by atoms with Crippen molar-refractivity contribution in [1.29, 1.82) is 0 Å². The van der Waals surface area contributed by atoms with Crippen molar-refractivity contribution >= 4 is 17.3 Å². The van der Waals surface area contributed by atoms with Crippen LogP contribution in [0.3, 0.4) is 0 Å². The van der Waals surface area contributed by atoms with E-state index in [1.165, 1.54) is 11.3 Å². The van der Waals surface area contributed by atoms with Crippen LogP contribution in [-0.4, -0.2) is 23.2 Å². The third-order valence-electron chi connectivity index (χ3n) is 2.86. The molecule has 0 aliphatic carbocycles. The molecule has 112 valence electrons. The van der Waals surface area contributed by atoms with Gasteiger partial charge in [0.2, 0.25) is 5.82 Å².